The van der Waals surface area contributed by atoms with Gasteiger partial charge in [0.15, 0.2) is 11.6 Å². The molecule has 0 bridgehead atoms. The first-order valence-corrected chi connectivity index (χ1v) is 17.4. The van der Waals surface area contributed by atoms with Gasteiger partial charge in [-0.05, 0) is 79.2 Å². The minimum absolute atomic E-state index is 0.0880. The lowest BCUT2D eigenvalue weighted by Crippen LogP contribution is -2.46. The van der Waals surface area contributed by atoms with Crippen molar-refractivity contribution in [3.05, 3.63) is 117 Å². The number of Topliss-reactive ketones (excluding diaryl/α,β-unsaturated/α-hetero) is 2. The van der Waals surface area contributed by atoms with Crippen molar-refractivity contribution in [1.29, 1.82) is 0 Å². The largest absolute Gasteiger partial charge is 0.456 e. The molecule has 5 aromatic rings. The van der Waals surface area contributed by atoms with Crippen molar-refractivity contribution in [2.75, 3.05) is 62.6 Å². The van der Waals surface area contributed by atoms with Gasteiger partial charge in [-0.2, -0.15) is 13.2 Å². The van der Waals surface area contributed by atoms with Gasteiger partial charge < -0.3 is 20.0 Å². The summed E-state index contributed by atoms with van der Waals surface area (Å²) in [5.74, 6) is -0.276. The van der Waals surface area contributed by atoms with E-state index >= 15 is 0 Å². The zero-order valence-electron chi connectivity index (χ0n) is 28.8. The second-order valence-electron chi connectivity index (χ2n) is 13.0. The monoisotopic (exact) mass is 716 g/mol. The number of halogens is 4. The maximum atomic E-state index is 13.8. The molecule has 0 saturated carbocycles. The van der Waals surface area contributed by atoms with Gasteiger partial charge in [-0.15, -0.1) is 0 Å². The summed E-state index contributed by atoms with van der Waals surface area (Å²) in [6, 6.07) is 22.1. The Bertz CT molecular complexity index is 2120. The minimum Gasteiger partial charge on any atom is -0.456 e. The highest BCUT2D eigenvalue weighted by molar-refractivity contribution is 6.02. The van der Waals surface area contributed by atoms with E-state index in [-0.39, 0.29) is 40.6 Å². The van der Waals surface area contributed by atoms with E-state index in [2.05, 4.69) is 20.4 Å². The van der Waals surface area contributed by atoms with Gasteiger partial charge in [-0.3, -0.25) is 19.3 Å². The third kappa shape index (κ3) is 8.86. The number of benzene rings is 4. The summed E-state index contributed by atoms with van der Waals surface area (Å²) >= 11 is 0. The highest BCUT2D eigenvalue weighted by Crippen LogP contribution is 2.30. The van der Waals surface area contributed by atoms with Gasteiger partial charge in [-0.25, -0.2) is 4.39 Å². The molecular weight excluding hydrogens is 676 g/mol. The Morgan fingerprint density at radius 1 is 0.788 bits per heavy atom. The molecule has 6 rings (SSSR count). The van der Waals surface area contributed by atoms with E-state index in [1.54, 1.807) is 42.5 Å². The first kappa shape index (κ1) is 36.7. The van der Waals surface area contributed by atoms with Gasteiger partial charge in [0.25, 0.3) is 0 Å². The van der Waals surface area contributed by atoms with Crippen molar-refractivity contribution in [1.82, 2.24) is 10.2 Å². The van der Waals surface area contributed by atoms with Crippen LogP contribution in [0.15, 0.2) is 94.1 Å². The lowest BCUT2D eigenvalue weighted by atomic mass is 10.0. The van der Waals surface area contributed by atoms with Gasteiger partial charge in [0.1, 0.15) is 17.3 Å². The molecule has 1 aromatic heterocycles. The van der Waals surface area contributed by atoms with Crippen LogP contribution in [0.1, 0.15) is 57.8 Å². The van der Waals surface area contributed by atoms with Crippen molar-refractivity contribution in [2.24, 2.45) is 0 Å². The van der Waals surface area contributed by atoms with E-state index in [0.717, 1.165) is 44.0 Å². The van der Waals surface area contributed by atoms with Crippen LogP contribution < -0.4 is 21.0 Å². The molecule has 1 atom stereocenters. The molecule has 12 heteroatoms. The van der Waals surface area contributed by atoms with Crippen LogP contribution in [0.25, 0.3) is 21.9 Å². The third-order valence-corrected chi connectivity index (χ3v) is 9.38. The Morgan fingerprint density at radius 3 is 2.10 bits per heavy atom. The third-order valence-electron chi connectivity index (χ3n) is 9.38. The fourth-order valence-electron chi connectivity index (χ4n) is 6.38. The molecule has 1 fully saturated rings. The number of nitrogens with one attached hydrogen (secondary N) is 2. The number of hydrogen-bond donors (Lipinski definition) is 2. The van der Waals surface area contributed by atoms with Crippen LogP contribution in [-0.2, 0) is 6.18 Å². The van der Waals surface area contributed by atoms with Gasteiger partial charge in [0.2, 0.25) is 5.43 Å². The summed E-state index contributed by atoms with van der Waals surface area (Å²) in [5, 5.41) is 6.54. The number of alkyl halides is 4. The van der Waals surface area contributed by atoms with E-state index in [4.69, 9.17) is 4.42 Å². The standard InChI is InChI=1S/C40H40F4N4O4/c1-26(41)27-4-2-7-32(22-27)48-20-18-47(19-21-48)17-13-36(50)29-9-11-38-34(24-29)39(51)33-23-28(8-10-37(33)52-38)35(49)12-14-45-15-16-46-31-6-3-5-30(25-31)40(42,43)44/h2-11,22-26,45-46H,12-21H2,1H3. The van der Waals surface area contributed by atoms with Crippen molar-refractivity contribution < 1.29 is 31.6 Å². The Balaban J connectivity index is 1.01. The molecule has 0 radical (unpaired) electrons. The Kier molecular flexibility index (Phi) is 11.4. The molecule has 0 spiro atoms. The molecule has 1 aliphatic rings. The van der Waals surface area contributed by atoms with Crippen molar-refractivity contribution in [2.45, 2.75) is 32.1 Å². The summed E-state index contributed by atoms with van der Waals surface area (Å²) in [7, 11) is 0. The van der Waals surface area contributed by atoms with Crippen LogP contribution in [0.4, 0.5) is 28.9 Å². The minimum atomic E-state index is -4.42. The fourth-order valence-corrected chi connectivity index (χ4v) is 6.38. The number of piperazine rings is 1. The molecule has 1 saturated heterocycles. The maximum Gasteiger partial charge on any atom is 0.416 e. The number of carbonyl (C=O) groups excluding carboxylic acids is 2. The molecule has 4 aromatic carbocycles. The number of fused-ring (bicyclic) bond motifs is 2. The average Bonchev–Trinajstić information content (AvgIpc) is 3.15. The Morgan fingerprint density at radius 2 is 1.44 bits per heavy atom. The summed E-state index contributed by atoms with van der Waals surface area (Å²) in [6.07, 6.45) is -5.01. The molecule has 2 heterocycles. The number of carbonyl (C=O) groups is 2. The second-order valence-corrected chi connectivity index (χ2v) is 13.0. The van der Waals surface area contributed by atoms with E-state index in [0.29, 0.717) is 59.7 Å². The van der Waals surface area contributed by atoms with Crippen LogP contribution in [0.2, 0.25) is 0 Å². The Labute approximate surface area is 298 Å². The number of rotatable bonds is 14. The second kappa shape index (κ2) is 16.1. The lowest BCUT2D eigenvalue weighted by Gasteiger charge is -2.36. The Hall–Kier alpha value is -5.07. The van der Waals surface area contributed by atoms with Gasteiger partial charge in [0.05, 0.1) is 16.3 Å². The number of anilines is 2. The van der Waals surface area contributed by atoms with Crippen molar-refractivity contribution in [3.8, 4) is 0 Å². The molecule has 272 valence electrons. The van der Waals surface area contributed by atoms with Crippen LogP contribution in [0, 0.1) is 0 Å². The molecule has 1 aliphatic heterocycles. The molecule has 2 N–H and O–H groups in total. The normalized spacial score (nSPS) is 14.5. The number of ketones is 2. The first-order chi connectivity index (χ1) is 25.0. The summed E-state index contributed by atoms with van der Waals surface area (Å²) in [4.78, 5) is 44.2. The number of nitrogens with zero attached hydrogens (tertiary/aromatic N) is 2. The molecular formula is C40H40F4N4O4. The molecule has 52 heavy (non-hydrogen) atoms. The summed E-state index contributed by atoms with van der Waals surface area (Å²) in [5.41, 5.74) is 2.38. The molecule has 0 amide bonds. The van der Waals surface area contributed by atoms with Gasteiger partial charge in [0, 0.05) is 87.7 Å². The predicted octanol–water partition coefficient (Wildman–Crippen LogP) is 7.67. The lowest BCUT2D eigenvalue weighted by molar-refractivity contribution is -0.137. The van der Waals surface area contributed by atoms with E-state index < -0.39 is 17.9 Å². The molecule has 8 nitrogen and oxygen atoms in total. The van der Waals surface area contributed by atoms with E-state index in [1.165, 1.54) is 19.1 Å². The quantitative estimate of drug-likeness (QED) is 0.0524. The van der Waals surface area contributed by atoms with Crippen molar-refractivity contribution in [3.63, 3.8) is 0 Å². The van der Waals surface area contributed by atoms with Crippen LogP contribution in [0.3, 0.4) is 0 Å². The average molecular weight is 717 g/mol. The van der Waals surface area contributed by atoms with Gasteiger partial charge in [-0.1, -0.05) is 18.2 Å². The predicted molar refractivity (Wildman–Crippen MR) is 195 cm³/mol. The van der Waals surface area contributed by atoms with E-state index in [9.17, 15) is 31.9 Å². The van der Waals surface area contributed by atoms with Gasteiger partial charge >= 0.3 is 6.18 Å². The maximum absolute atomic E-state index is 13.8. The van der Waals surface area contributed by atoms with E-state index in [1.807, 2.05) is 18.2 Å². The highest BCUT2D eigenvalue weighted by atomic mass is 19.4. The number of hydrogen-bond acceptors (Lipinski definition) is 8. The summed E-state index contributed by atoms with van der Waals surface area (Å²) in [6.45, 7) is 6.31. The molecule has 0 aliphatic carbocycles. The smallest absolute Gasteiger partial charge is 0.416 e. The highest BCUT2D eigenvalue weighted by Gasteiger charge is 2.30. The first-order valence-electron chi connectivity index (χ1n) is 17.4. The zero-order chi connectivity index (χ0) is 36.8. The fraction of sp³-hybridized carbons (Fsp3) is 0.325. The zero-order valence-corrected chi connectivity index (χ0v) is 28.8. The van der Waals surface area contributed by atoms with Crippen molar-refractivity contribution >= 4 is 44.9 Å². The topological polar surface area (TPSA) is 94.9 Å². The summed E-state index contributed by atoms with van der Waals surface area (Å²) < 4.78 is 58.5. The van der Waals surface area contributed by atoms with Crippen LogP contribution >= 0.6 is 0 Å². The van der Waals surface area contributed by atoms with Crippen LogP contribution in [0.5, 0.6) is 0 Å². The molecule has 1 unspecified atom stereocenters. The SMILES string of the molecule is CC(F)c1cccc(N2CCN(CCC(=O)c3ccc4oc5ccc(C(=O)CCNCCNc6cccc(C(F)(F)F)c6)cc5c(=O)c4c3)CC2)c1. The van der Waals surface area contributed by atoms with Crippen LogP contribution in [-0.4, -0.2) is 68.8 Å².